The predicted molar refractivity (Wildman–Crippen MR) is 98.0 cm³/mol. The monoisotopic (exact) mass is 333 g/mol. The largest absolute Gasteiger partial charge is 0.453 e. The van der Waals surface area contributed by atoms with Gasteiger partial charge in [-0.1, -0.05) is 50.2 Å². The fourth-order valence-corrected chi connectivity index (χ4v) is 2.76. The highest BCUT2D eigenvalue weighted by Crippen LogP contribution is 2.28. The third-order valence-electron chi connectivity index (χ3n) is 4.01. The second-order valence-electron chi connectivity index (χ2n) is 6.06. The standard InChI is InChI=1S/C21H19NO3/c1-14(2)16-7-5-6-10-19(16)22-21(24)18-9-4-3-8-17(18)20-12-11-15(13-23)25-20/h3-14H,1-2H3,(H,22,24). The quantitative estimate of drug-likeness (QED) is 0.658. The number of furan rings is 1. The summed E-state index contributed by atoms with van der Waals surface area (Å²) in [5.74, 6) is 0.806. The van der Waals surface area contributed by atoms with Gasteiger partial charge in [0.1, 0.15) is 5.76 Å². The molecule has 126 valence electrons. The second kappa shape index (κ2) is 7.18. The summed E-state index contributed by atoms with van der Waals surface area (Å²) in [5, 5.41) is 2.99. The summed E-state index contributed by atoms with van der Waals surface area (Å²) in [7, 11) is 0. The van der Waals surface area contributed by atoms with Gasteiger partial charge in [-0.3, -0.25) is 9.59 Å². The molecule has 1 aromatic heterocycles. The average molecular weight is 333 g/mol. The van der Waals surface area contributed by atoms with Crippen LogP contribution < -0.4 is 5.32 Å². The van der Waals surface area contributed by atoms with Crippen molar-refractivity contribution in [2.45, 2.75) is 19.8 Å². The van der Waals surface area contributed by atoms with Gasteiger partial charge in [0, 0.05) is 11.3 Å². The Kier molecular flexibility index (Phi) is 4.80. The van der Waals surface area contributed by atoms with Crippen LogP contribution in [0.5, 0.6) is 0 Å². The molecule has 4 heteroatoms. The summed E-state index contributed by atoms with van der Waals surface area (Å²) in [5.41, 5.74) is 3.02. The highest BCUT2D eigenvalue weighted by atomic mass is 16.3. The van der Waals surface area contributed by atoms with Crippen molar-refractivity contribution >= 4 is 17.9 Å². The Morgan fingerprint density at radius 1 is 1.00 bits per heavy atom. The summed E-state index contributed by atoms with van der Waals surface area (Å²) in [4.78, 5) is 23.7. The zero-order valence-electron chi connectivity index (χ0n) is 14.2. The van der Waals surface area contributed by atoms with Gasteiger partial charge in [0.05, 0.1) is 5.56 Å². The van der Waals surface area contributed by atoms with Gasteiger partial charge in [-0.25, -0.2) is 0 Å². The lowest BCUT2D eigenvalue weighted by Crippen LogP contribution is -2.14. The number of hydrogen-bond donors (Lipinski definition) is 1. The topological polar surface area (TPSA) is 59.3 Å². The average Bonchev–Trinajstić information content (AvgIpc) is 3.11. The van der Waals surface area contributed by atoms with Crippen LogP contribution in [0.3, 0.4) is 0 Å². The van der Waals surface area contributed by atoms with E-state index in [2.05, 4.69) is 19.2 Å². The lowest BCUT2D eigenvalue weighted by Gasteiger charge is -2.14. The van der Waals surface area contributed by atoms with Crippen LogP contribution in [0.2, 0.25) is 0 Å². The summed E-state index contributed by atoms with van der Waals surface area (Å²) in [6, 6.07) is 18.2. The van der Waals surface area contributed by atoms with E-state index in [-0.39, 0.29) is 11.7 Å². The Labute approximate surface area is 146 Å². The molecule has 0 radical (unpaired) electrons. The molecule has 0 saturated heterocycles. The number of aldehydes is 1. The maximum absolute atomic E-state index is 12.8. The molecular formula is C21H19NO3. The zero-order valence-corrected chi connectivity index (χ0v) is 14.2. The van der Waals surface area contributed by atoms with E-state index in [9.17, 15) is 9.59 Å². The molecule has 0 aliphatic heterocycles. The minimum atomic E-state index is -0.215. The van der Waals surface area contributed by atoms with Gasteiger partial charge in [-0.15, -0.1) is 0 Å². The Morgan fingerprint density at radius 3 is 2.44 bits per heavy atom. The van der Waals surface area contributed by atoms with Crippen LogP contribution >= 0.6 is 0 Å². The van der Waals surface area contributed by atoms with Gasteiger partial charge >= 0.3 is 0 Å². The number of amides is 1. The normalized spacial score (nSPS) is 10.7. The molecule has 2 aromatic carbocycles. The van der Waals surface area contributed by atoms with E-state index in [1.54, 1.807) is 30.3 Å². The van der Waals surface area contributed by atoms with Crippen LogP contribution in [-0.2, 0) is 0 Å². The Morgan fingerprint density at radius 2 is 1.72 bits per heavy atom. The molecule has 0 unspecified atom stereocenters. The van der Waals surface area contributed by atoms with Crippen LogP contribution in [0.1, 0.15) is 46.2 Å². The number of carbonyl (C=O) groups excluding carboxylic acids is 2. The van der Waals surface area contributed by atoms with Crippen LogP contribution in [0.15, 0.2) is 65.1 Å². The number of carbonyl (C=O) groups is 2. The van der Waals surface area contributed by atoms with Crippen molar-refractivity contribution in [3.05, 3.63) is 77.6 Å². The first-order chi connectivity index (χ1) is 12.1. The summed E-state index contributed by atoms with van der Waals surface area (Å²) >= 11 is 0. The predicted octanol–water partition coefficient (Wildman–Crippen LogP) is 5.13. The Hall–Kier alpha value is -3.14. The minimum Gasteiger partial charge on any atom is -0.453 e. The summed E-state index contributed by atoms with van der Waals surface area (Å²) in [6.45, 7) is 4.17. The van der Waals surface area contributed by atoms with Crippen molar-refractivity contribution in [1.82, 2.24) is 0 Å². The van der Waals surface area contributed by atoms with E-state index in [1.807, 2.05) is 30.3 Å². The number of para-hydroxylation sites is 1. The molecular weight excluding hydrogens is 314 g/mol. The highest BCUT2D eigenvalue weighted by molar-refractivity contribution is 6.08. The van der Waals surface area contributed by atoms with Gasteiger partial charge in [0.15, 0.2) is 12.0 Å². The number of hydrogen-bond acceptors (Lipinski definition) is 3. The molecule has 1 heterocycles. The van der Waals surface area contributed by atoms with Crippen LogP contribution in [0.4, 0.5) is 5.69 Å². The molecule has 3 aromatic rings. The first-order valence-corrected chi connectivity index (χ1v) is 8.15. The molecule has 25 heavy (non-hydrogen) atoms. The maximum Gasteiger partial charge on any atom is 0.256 e. The first kappa shape index (κ1) is 16.7. The van der Waals surface area contributed by atoms with E-state index in [1.165, 1.54) is 0 Å². The summed E-state index contributed by atoms with van der Waals surface area (Å²) < 4.78 is 5.47. The fourth-order valence-electron chi connectivity index (χ4n) is 2.76. The fraction of sp³-hybridized carbons (Fsp3) is 0.143. The van der Waals surface area contributed by atoms with E-state index >= 15 is 0 Å². The van der Waals surface area contributed by atoms with Crippen molar-refractivity contribution < 1.29 is 14.0 Å². The first-order valence-electron chi connectivity index (χ1n) is 8.15. The molecule has 0 atom stereocenters. The lowest BCUT2D eigenvalue weighted by atomic mass is 10.0. The molecule has 0 saturated carbocycles. The van der Waals surface area contributed by atoms with E-state index < -0.39 is 0 Å². The minimum absolute atomic E-state index is 0.215. The molecule has 0 spiro atoms. The smallest absolute Gasteiger partial charge is 0.256 e. The molecule has 1 amide bonds. The number of benzene rings is 2. The molecule has 0 bridgehead atoms. The Balaban J connectivity index is 1.95. The van der Waals surface area contributed by atoms with Gasteiger partial charge in [0.2, 0.25) is 0 Å². The molecule has 4 nitrogen and oxygen atoms in total. The van der Waals surface area contributed by atoms with Crippen molar-refractivity contribution in [3.8, 4) is 11.3 Å². The van der Waals surface area contributed by atoms with Crippen molar-refractivity contribution in [1.29, 1.82) is 0 Å². The molecule has 3 rings (SSSR count). The van der Waals surface area contributed by atoms with Crippen molar-refractivity contribution in [3.63, 3.8) is 0 Å². The molecule has 0 fully saturated rings. The second-order valence-corrected chi connectivity index (χ2v) is 6.06. The molecule has 0 aliphatic carbocycles. The number of rotatable bonds is 5. The van der Waals surface area contributed by atoms with Crippen LogP contribution in [0.25, 0.3) is 11.3 Å². The Bertz CT molecular complexity index is 909. The SMILES string of the molecule is CC(C)c1ccccc1NC(=O)c1ccccc1-c1ccc(C=O)o1. The summed E-state index contributed by atoms with van der Waals surface area (Å²) in [6.07, 6.45) is 0.644. The number of anilines is 1. The third kappa shape index (κ3) is 3.53. The van der Waals surface area contributed by atoms with E-state index in [0.29, 0.717) is 29.1 Å². The van der Waals surface area contributed by atoms with Crippen LogP contribution in [-0.4, -0.2) is 12.2 Å². The molecule has 0 aliphatic rings. The maximum atomic E-state index is 12.8. The zero-order chi connectivity index (χ0) is 17.8. The van der Waals surface area contributed by atoms with Crippen molar-refractivity contribution in [2.24, 2.45) is 0 Å². The van der Waals surface area contributed by atoms with E-state index in [0.717, 1.165) is 11.3 Å². The van der Waals surface area contributed by atoms with Gasteiger partial charge in [0.25, 0.3) is 5.91 Å². The van der Waals surface area contributed by atoms with E-state index in [4.69, 9.17) is 4.42 Å². The number of nitrogens with one attached hydrogen (secondary N) is 1. The van der Waals surface area contributed by atoms with Crippen LogP contribution in [0, 0.1) is 0 Å². The van der Waals surface area contributed by atoms with Crippen molar-refractivity contribution in [2.75, 3.05) is 5.32 Å². The molecule has 1 N–H and O–H groups in total. The van der Waals surface area contributed by atoms with Gasteiger partial charge < -0.3 is 9.73 Å². The lowest BCUT2D eigenvalue weighted by molar-refractivity contribution is 0.102. The van der Waals surface area contributed by atoms with Gasteiger partial charge in [-0.05, 0) is 35.7 Å². The highest BCUT2D eigenvalue weighted by Gasteiger charge is 2.16. The van der Waals surface area contributed by atoms with Gasteiger partial charge in [-0.2, -0.15) is 0 Å². The third-order valence-corrected chi connectivity index (χ3v) is 4.01.